The van der Waals surface area contributed by atoms with Gasteiger partial charge in [0.05, 0.1) is 13.0 Å². The molecule has 0 atom stereocenters. The number of esters is 2. The Labute approximate surface area is 168 Å². The van der Waals surface area contributed by atoms with Crippen molar-refractivity contribution in [2.24, 2.45) is 5.92 Å². The molecule has 1 fully saturated rings. The number of nitrogens with zero attached hydrogens (tertiary/aromatic N) is 1. The van der Waals surface area contributed by atoms with Crippen LogP contribution in [0.3, 0.4) is 0 Å². The predicted octanol–water partition coefficient (Wildman–Crippen LogP) is 3.36. The summed E-state index contributed by atoms with van der Waals surface area (Å²) in [7, 11) is 1.29. The summed E-state index contributed by atoms with van der Waals surface area (Å²) < 4.78 is 15.5. The van der Waals surface area contributed by atoms with Crippen molar-refractivity contribution in [3.63, 3.8) is 0 Å². The van der Waals surface area contributed by atoms with Gasteiger partial charge in [-0.05, 0) is 38.0 Å². The third-order valence-corrected chi connectivity index (χ3v) is 4.87. The molecule has 0 saturated carbocycles. The second-order valence-corrected chi connectivity index (χ2v) is 6.84. The first-order valence-electron chi connectivity index (χ1n) is 9.43. The summed E-state index contributed by atoms with van der Waals surface area (Å²) in [5.41, 5.74) is 1.05. The number of likely N-dealkylation sites (tertiary alicyclic amines) is 1. The maximum Gasteiger partial charge on any atom is 0.341 e. The maximum atomic E-state index is 12.3. The first-order chi connectivity index (χ1) is 14.0. The first kappa shape index (κ1) is 20.4. The van der Waals surface area contributed by atoms with Crippen molar-refractivity contribution < 1.29 is 28.3 Å². The minimum atomic E-state index is -0.495. The molecule has 0 spiro atoms. The van der Waals surface area contributed by atoms with Gasteiger partial charge in [-0.25, -0.2) is 9.59 Å². The Bertz CT molecular complexity index is 869. The molecule has 0 radical (unpaired) electrons. The summed E-state index contributed by atoms with van der Waals surface area (Å²) in [6.45, 7) is 2.55. The Morgan fingerprint density at radius 2 is 1.86 bits per heavy atom. The molecule has 154 valence electrons. The summed E-state index contributed by atoms with van der Waals surface area (Å²) in [5, 5.41) is 2.84. The highest BCUT2D eigenvalue weighted by Crippen LogP contribution is 2.21. The number of aryl methyl sites for hydroxylation is 1. The molecule has 2 aromatic rings. The second kappa shape index (κ2) is 9.27. The highest BCUT2D eigenvalue weighted by atomic mass is 16.5. The Kier molecular flexibility index (Phi) is 6.54. The van der Waals surface area contributed by atoms with Crippen LogP contribution in [0.15, 0.2) is 40.8 Å². The van der Waals surface area contributed by atoms with Crippen LogP contribution < -0.4 is 5.32 Å². The van der Waals surface area contributed by atoms with Gasteiger partial charge in [-0.15, -0.1) is 0 Å². The molecule has 8 nitrogen and oxygen atoms in total. The van der Waals surface area contributed by atoms with Gasteiger partial charge in [0.2, 0.25) is 0 Å². The SMILES string of the molecule is COC(=O)c1cc(COC(=O)C2CCN(C(=O)Nc3ccccc3)CC2)oc1C. The van der Waals surface area contributed by atoms with E-state index in [4.69, 9.17) is 9.15 Å². The molecule has 3 rings (SSSR count). The third-order valence-electron chi connectivity index (χ3n) is 4.87. The lowest BCUT2D eigenvalue weighted by atomic mass is 9.97. The molecular weight excluding hydrogens is 376 g/mol. The van der Waals surface area contributed by atoms with E-state index in [0.717, 1.165) is 5.69 Å². The zero-order chi connectivity index (χ0) is 20.8. The zero-order valence-electron chi connectivity index (χ0n) is 16.5. The van der Waals surface area contributed by atoms with Gasteiger partial charge >= 0.3 is 18.0 Å². The molecule has 1 aromatic heterocycles. The lowest BCUT2D eigenvalue weighted by molar-refractivity contribution is -0.151. The number of hydrogen-bond donors (Lipinski definition) is 1. The van der Waals surface area contributed by atoms with Crippen LogP contribution in [0.2, 0.25) is 0 Å². The highest BCUT2D eigenvalue weighted by Gasteiger charge is 2.29. The number of rotatable bonds is 5. The molecule has 2 amide bonds. The number of methoxy groups -OCH3 is 1. The van der Waals surface area contributed by atoms with Crippen molar-refractivity contribution >= 4 is 23.7 Å². The largest absolute Gasteiger partial charge is 0.465 e. The molecule has 2 heterocycles. The fourth-order valence-corrected chi connectivity index (χ4v) is 3.23. The highest BCUT2D eigenvalue weighted by molar-refractivity contribution is 5.90. The van der Waals surface area contributed by atoms with E-state index in [-0.39, 0.29) is 24.5 Å². The molecule has 29 heavy (non-hydrogen) atoms. The number of amides is 2. The van der Waals surface area contributed by atoms with Crippen LogP contribution in [0.25, 0.3) is 0 Å². The normalized spacial score (nSPS) is 14.3. The van der Waals surface area contributed by atoms with Crippen LogP contribution in [-0.2, 0) is 20.9 Å². The molecule has 1 N–H and O–H groups in total. The average Bonchev–Trinajstić information content (AvgIpc) is 3.12. The van der Waals surface area contributed by atoms with E-state index in [9.17, 15) is 14.4 Å². The number of ether oxygens (including phenoxy) is 2. The Morgan fingerprint density at radius 1 is 1.17 bits per heavy atom. The number of carbonyl (C=O) groups is 3. The van der Waals surface area contributed by atoms with E-state index in [0.29, 0.717) is 43.0 Å². The Balaban J connectivity index is 1.45. The van der Waals surface area contributed by atoms with E-state index in [1.807, 2.05) is 30.3 Å². The van der Waals surface area contributed by atoms with Gasteiger partial charge in [-0.2, -0.15) is 0 Å². The summed E-state index contributed by atoms with van der Waals surface area (Å²) in [6.07, 6.45) is 1.07. The van der Waals surface area contributed by atoms with Gasteiger partial charge in [0.15, 0.2) is 0 Å². The van der Waals surface area contributed by atoms with Crippen molar-refractivity contribution in [2.45, 2.75) is 26.4 Å². The van der Waals surface area contributed by atoms with Gasteiger partial charge in [0.25, 0.3) is 0 Å². The standard InChI is InChI=1S/C21H24N2O6/c1-14-18(20(25)27-2)12-17(29-14)13-28-19(24)15-8-10-23(11-9-15)21(26)22-16-6-4-3-5-7-16/h3-7,12,15H,8-11,13H2,1-2H3,(H,22,26). The lowest BCUT2D eigenvalue weighted by Gasteiger charge is -2.30. The molecule has 0 aliphatic carbocycles. The van der Waals surface area contributed by atoms with Gasteiger partial charge in [0, 0.05) is 18.8 Å². The van der Waals surface area contributed by atoms with Gasteiger partial charge in [0.1, 0.15) is 23.7 Å². The Morgan fingerprint density at radius 3 is 2.52 bits per heavy atom. The molecular formula is C21H24N2O6. The van der Waals surface area contributed by atoms with Crippen molar-refractivity contribution in [3.05, 3.63) is 53.5 Å². The van der Waals surface area contributed by atoms with Crippen LogP contribution in [0.5, 0.6) is 0 Å². The van der Waals surface area contributed by atoms with Crippen LogP contribution in [-0.4, -0.2) is 43.1 Å². The van der Waals surface area contributed by atoms with Crippen molar-refractivity contribution in [1.29, 1.82) is 0 Å². The minimum Gasteiger partial charge on any atom is -0.465 e. The Hall–Kier alpha value is -3.29. The number of carbonyl (C=O) groups excluding carboxylic acids is 3. The lowest BCUT2D eigenvalue weighted by Crippen LogP contribution is -2.42. The fourth-order valence-electron chi connectivity index (χ4n) is 3.23. The number of hydrogen-bond acceptors (Lipinski definition) is 6. The van der Waals surface area contributed by atoms with Crippen LogP contribution in [0.4, 0.5) is 10.5 Å². The molecule has 1 aliphatic rings. The van der Waals surface area contributed by atoms with Crippen molar-refractivity contribution in [2.75, 3.05) is 25.5 Å². The quantitative estimate of drug-likeness (QED) is 0.773. The molecule has 1 aliphatic heterocycles. The second-order valence-electron chi connectivity index (χ2n) is 6.84. The number of furan rings is 1. The third kappa shape index (κ3) is 5.16. The van der Waals surface area contributed by atoms with Gasteiger partial charge < -0.3 is 24.1 Å². The fraction of sp³-hybridized carbons (Fsp3) is 0.381. The number of urea groups is 1. The van der Waals surface area contributed by atoms with Crippen molar-refractivity contribution in [1.82, 2.24) is 4.90 Å². The molecule has 8 heteroatoms. The summed E-state index contributed by atoms with van der Waals surface area (Å²) in [5.74, 6) is -0.296. The first-order valence-corrected chi connectivity index (χ1v) is 9.43. The minimum absolute atomic E-state index is 0.0502. The average molecular weight is 400 g/mol. The molecule has 1 aromatic carbocycles. The number of nitrogens with one attached hydrogen (secondary N) is 1. The number of anilines is 1. The van der Waals surface area contributed by atoms with E-state index in [1.165, 1.54) is 13.2 Å². The molecule has 0 unspecified atom stereocenters. The van der Waals surface area contributed by atoms with Crippen LogP contribution in [0.1, 0.15) is 34.7 Å². The monoisotopic (exact) mass is 400 g/mol. The van der Waals surface area contributed by atoms with E-state index in [2.05, 4.69) is 10.1 Å². The molecule has 1 saturated heterocycles. The van der Waals surface area contributed by atoms with E-state index in [1.54, 1.807) is 11.8 Å². The van der Waals surface area contributed by atoms with Gasteiger partial charge in [-0.1, -0.05) is 18.2 Å². The van der Waals surface area contributed by atoms with Gasteiger partial charge in [-0.3, -0.25) is 4.79 Å². The predicted molar refractivity (Wildman–Crippen MR) is 104 cm³/mol. The van der Waals surface area contributed by atoms with E-state index < -0.39 is 5.97 Å². The summed E-state index contributed by atoms with van der Waals surface area (Å²) in [6, 6.07) is 10.6. The van der Waals surface area contributed by atoms with Crippen LogP contribution >= 0.6 is 0 Å². The summed E-state index contributed by atoms with van der Waals surface area (Å²) >= 11 is 0. The zero-order valence-corrected chi connectivity index (χ0v) is 16.5. The number of benzene rings is 1. The molecule has 0 bridgehead atoms. The maximum absolute atomic E-state index is 12.3. The summed E-state index contributed by atoms with van der Waals surface area (Å²) in [4.78, 5) is 38.0. The number of para-hydroxylation sites is 1. The topological polar surface area (TPSA) is 98.1 Å². The number of piperidine rings is 1. The van der Waals surface area contributed by atoms with Crippen molar-refractivity contribution in [3.8, 4) is 0 Å². The smallest absolute Gasteiger partial charge is 0.341 e. The van der Waals surface area contributed by atoms with Crippen LogP contribution in [0, 0.1) is 12.8 Å². The van der Waals surface area contributed by atoms with E-state index >= 15 is 0 Å².